The number of nitro groups is 1. The highest BCUT2D eigenvalue weighted by atomic mass is 16.6. The highest BCUT2D eigenvalue weighted by molar-refractivity contribution is 5.99. The minimum absolute atomic E-state index is 0.112. The molecule has 0 atom stereocenters. The first kappa shape index (κ1) is 16.2. The molecule has 21 heavy (non-hydrogen) atoms. The summed E-state index contributed by atoms with van der Waals surface area (Å²) in [6.45, 7) is 0.350. The molecule has 9 heteroatoms. The molecule has 0 fully saturated rings. The van der Waals surface area contributed by atoms with Crippen LogP contribution in [0.1, 0.15) is 10.4 Å². The molecule has 0 heterocycles. The summed E-state index contributed by atoms with van der Waals surface area (Å²) in [5.41, 5.74) is 5.35. The van der Waals surface area contributed by atoms with E-state index in [2.05, 4.69) is 10.6 Å². The maximum Gasteiger partial charge on any atom is 0.316 e. The molecule has 0 unspecified atom stereocenters. The molecule has 9 nitrogen and oxygen atoms in total. The van der Waals surface area contributed by atoms with Gasteiger partial charge in [-0.25, -0.2) is 4.79 Å². The fraction of sp³-hybridized carbons (Fsp3) is 0.333. The average Bonchev–Trinajstić information content (AvgIpc) is 2.42. The second-order valence-corrected chi connectivity index (χ2v) is 4.42. The van der Waals surface area contributed by atoms with Crippen molar-refractivity contribution < 1.29 is 14.5 Å². The first-order valence-corrected chi connectivity index (χ1v) is 6.10. The largest absolute Gasteiger partial charge is 0.399 e. The molecule has 0 aliphatic heterocycles. The number of nitrogens with one attached hydrogen (secondary N) is 2. The number of hydrogen-bond acceptors (Lipinski definition) is 5. The zero-order chi connectivity index (χ0) is 16.0. The number of anilines is 1. The number of carbonyl (C=O) groups is 2. The molecule has 3 amide bonds. The van der Waals surface area contributed by atoms with Crippen LogP contribution in [-0.4, -0.2) is 48.9 Å². The van der Waals surface area contributed by atoms with Crippen LogP contribution in [0.3, 0.4) is 0 Å². The Bertz CT molecular complexity index is 559. The number of carbonyl (C=O) groups excluding carboxylic acids is 2. The highest BCUT2D eigenvalue weighted by Gasteiger charge is 2.19. The van der Waals surface area contributed by atoms with Gasteiger partial charge < -0.3 is 21.3 Å². The second-order valence-electron chi connectivity index (χ2n) is 4.42. The Balaban J connectivity index is 2.62. The number of nitro benzene ring substituents is 1. The van der Waals surface area contributed by atoms with Crippen molar-refractivity contribution in [3.63, 3.8) is 0 Å². The molecule has 0 aliphatic rings. The highest BCUT2D eigenvalue weighted by Crippen LogP contribution is 2.20. The standard InChI is InChI=1S/C12H17N5O4/c1-16(2)12(19)15-6-5-14-11(18)9-7-8(13)3-4-10(9)17(20)21/h3-4,7H,5-6,13H2,1-2H3,(H,14,18)(H,15,19). The number of amides is 3. The number of urea groups is 1. The predicted octanol–water partition coefficient (Wildman–Crippen LogP) is 0.178. The third-order valence-corrected chi connectivity index (χ3v) is 2.55. The van der Waals surface area contributed by atoms with E-state index in [0.29, 0.717) is 0 Å². The van der Waals surface area contributed by atoms with E-state index in [1.807, 2.05) is 0 Å². The molecule has 4 N–H and O–H groups in total. The van der Waals surface area contributed by atoms with E-state index in [1.54, 1.807) is 14.1 Å². The van der Waals surface area contributed by atoms with Crippen LogP contribution in [0.15, 0.2) is 18.2 Å². The Kier molecular flexibility index (Phi) is 5.47. The van der Waals surface area contributed by atoms with Crippen LogP contribution >= 0.6 is 0 Å². The summed E-state index contributed by atoms with van der Waals surface area (Å²) in [6.07, 6.45) is 0. The Morgan fingerprint density at radius 1 is 1.29 bits per heavy atom. The van der Waals surface area contributed by atoms with Crippen LogP contribution in [0, 0.1) is 10.1 Å². The zero-order valence-corrected chi connectivity index (χ0v) is 11.8. The van der Waals surface area contributed by atoms with Crippen molar-refractivity contribution in [2.45, 2.75) is 0 Å². The Morgan fingerprint density at radius 3 is 2.48 bits per heavy atom. The van der Waals surface area contributed by atoms with Gasteiger partial charge in [-0.2, -0.15) is 0 Å². The van der Waals surface area contributed by atoms with E-state index >= 15 is 0 Å². The van der Waals surface area contributed by atoms with E-state index in [-0.39, 0.29) is 36.1 Å². The zero-order valence-electron chi connectivity index (χ0n) is 11.8. The summed E-state index contributed by atoms with van der Waals surface area (Å²) in [7, 11) is 3.17. The summed E-state index contributed by atoms with van der Waals surface area (Å²) in [4.78, 5) is 34.7. The molecule has 0 aromatic heterocycles. The third-order valence-electron chi connectivity index (χ3n) is 2.55. The van der Waals surface area contributed by atoms with Gasteiger partial charge in [0.05, 0.1) is 4.92 Å². The van der Waals surface area contributed by atoms with Gasteiger partial charge in [0, 0.05) is 38.9 Å². The smallest absolute Gasteiger partial charge is 0.316 e. The lowest BCUT2D eigenvalue weighted by molar-refractivity contribution is -0.385. The fourth-order valence-electron chi connectivity index (χ4n) is 1.49. The van der Waals surface area contributed by atoms with Gasteiger partial charge in [-0.05, 0) is 12.1 Å². The fourth-order valence-corrected chi connectivity index (χ4v) is 1.49. The second kappa shape index (κ2) is 7.08. The Morgan fingerprint density at radius 2 is 1.90 bits per heavy atom. The molecular formula is C12H17N5O4. The quantitative estimate of drug-likeness (QED) is 0.308. The minimum atomic E-state index is -0.651. The Labute approximate surface area is 121 Å². The molecule has 0 bridgehead atoms. The molecule has 0 radical (unpaired) electrons. The van der Waals surface area contributed by atoms with Crippen molar-refractivity contribution in [1.82, 2.24) is 15.5 Å². The van der Waals surface area contributed by atoms with Crippen molar-refractivity contribution in [3.05, 3.63) is 33.9 Å². The molecule has 0 saturated carbocycles. The van der Waals surface area contributed by atoms with Crippen molar-refractivity contribution in [3.8, 4) is 0 Å². The summed E-state index contributed by atoms with van der Waals surface area (Å²) >= 11 is 0. The van der Waals surface area contributed by atoms with Crippen LogP contribution < -0.4 is 16.4 Å². The molecule has 1 rings (SSSR count). The summed E-state index contributed by atoms with van der Waals surface area (Å²) in [6, 6.07) is 3.48. The number of benzene rings is 1. The lowest BCUT2D eigenvalue weighted by Gasteiger charge is -2.12. The topological polar surface area (TPSA) is 131 Å². The van der Waals surface area contributed by atoms with E-state index < -0.39 is 10.8 Å². The number of rotatable bonds is 5. The molecule has 0 spiro atoms. The van der Waals surface area contributed by atoms with E-state index in [4.69, 9.17) is 5.73 Å². The monoisotopic (exact) mass is 295 g/mol. The van der Waals surface area contributed by atoms with Gasteiger partial charge in [-0.3, -0.25) is 14.9 Å². The molecule has 0 aliphatic carbocycles. The SMILES string of the molecule is CN(C)C(=O)NCCNC(=O)c1cc(N)ccc1[N+](=O)[O-]. The number of nitrogens with two attached hydrogens (primary N) is 1. The van der Waals surface area contributed by atoms with Gasteiger partial charge in [0.15, 0.2) is 0 Å². The first-order chi connectivity index (χ1) is 9.82. The van der Waals surface area contributed by atoms with Crippen LogP contribution in [-0.2, 0) is 0 Å². The van der Waals surface area contributed by atoms with E-state index in [0.717, 1.165) is 0 Å². The minimum Gasteiger partial charge on any atom is -0.399 e. The lowest BCUT2D eigenvalue weighted by Crippen LogP contribution is -2.39. The number of hydrogen-bond donors (Lipinski definition) is 3. The van der Waals surface area contributed by atoms with Crippen LogP contribution in [0.2, 0.25) is 0 Å². The summed E-state index contributed by atoms with van der Waals surface area (Å²) in [5.74, 6) is -0.617. The maximum absolute atomic E-state index is 11.9. The normalized spacial score (nSPS) is 9.81. The Hall–Kier alpha value is -2.84. The third kappa shape index (κ3) is 4.64. The van der Waals surface area contributed by atoms with Gasteiger partial charge in [-0.1, -0.05) is 0 Å². The molecule has 1 aromatic carbocycles. The van der Waals surface area contributed by atoms with E-state index in [1.165, 1.54) is 23.1 Å². The van der Waals surface area contributed by atoms with Crippen LogP contribution in [0.25, 0.3) is 0 Å². The van der Waals surface area contributed by atoms with Gasteiger partial charge in [-0.15, -0.1) is 0 Å². The van der Waals surface area contributed by atoms with Crippen LogP contribution in [0.4, 0.5) is 16.2 Å². The maximum atomic E-state index is 11.9. The summed E-state index contributed by atoms with van der Waals surface area (Å²) < 4.78 is 0. The van der Waals surface area contributed by atoms with Crippen molar-refractivity contribution in [2.24, 2.45) is 0 Å². The molecule has 114 valence electrons. The lowest BCUT2D eigenvalue weighted by atomic mass is 10.1. The molecular weight excluding hydrogens is 278 g/mol. The average molecular weight is 295 g/mol. The van der Waals surface area contributed by atoms with Gasteiger partial charge >= 0.3 is 6.03 Å². The molecule has 0 saturated heterocycles. The predicted molar refractivity (Wildman–Crippen MR) is 76.9 cm³/mol. The van der Waals surface area contributed by atoms with Crippen LogP contribution in [0.5, 0.6) is 0 Å². The van der Waals surface area contributed by atoms with Crippen molar-refractivity contribution in [1.29, 1.82) is 0 Å². The summed E-state index contributed by atoms with van der Waals surface area (Å²) in [5, 5.41) is 15.9. The van der Waals surface area contributed by atoms with Gasteiger partial charge in [0.2, 0.25) is 0 Å². The van der Waals surface area contributed by atoms with Crippen molar-refractivity contribution >= 4 is 23.3 Å². The first-order valence-electron chi connectivity index (χ1n) is 6.10. The number of nitrogens with zero attached hydrogens (tertiary/aromatic N) is 2. The van der Waals surface area contributed by atoms with Crippen molar-refractivity contribution in [2.75, 3.05) is 32.9 Å². The van der Waals surface area contributed by atoms with Gasteiger partial charge in [0.25, 0.3) is 11.6 Å². The number of nitrogen functional groups attached to an aromatic ring is 1. The molecule has 1 aromatic rings. The van der Waals surface area contributed by atoms with E-state index in [9.17, 15) is 19.7 Å². The van der Waals surface area contributed by atoms with Gasteiger partial charge in [0.1, 0.15) is 5.56 Å².